The van der Waals surface area contributed by atoms with Crippen molar-refractivity contribution in [2.75, 3.05) is 0 Å². The van der Waals surface area contributed by atoms with Gasteiger partial charge in [0.2, 0.25) is 5.91 Å². The summed E-state index contributed by atoms with van der Waals surface area (Å²) in [6.07, 6.45) is 0. The van der Waals surface area contributed by atoms with Gasteiger partial charge in [-0.25, -0.2) is 4.98 Å². The van der Waals surface area contributed by atoms with E-state index >= 15 is 0 Å². The van der Waals surface area contributed by atoms with Crippen molar-refractivity contribution in [1.29, 1.82) is 5.26 Å². The lowest BCUT2D eigenvalue weighted by molar-refractivity contribution is -0.117. The molecule has 1 rings (SSSR count). The number of pyridine rings is 1. The summed E-state index contributed by atoms with van der Waals surface area (Å²) in [4.78, 5) is 15.2. The van der Waals surface area contributed by atoms with Gasteiger partial charge in [-0.1, -0.05) is 11.8 Å². The number of amides is 1. The van der Waals surface area contributed by atoms with E-state index in [4.69, 9.17) is 11.0 Å². The van der Waals surface area contributed by atoms with E-state index in [2.05, 4.69) is 11.1 Å². The van der Waals surface area contributed by atoms with Crippen molar-refractivity contribution in [3.63, 3.8) is 0 Å². The molecular weight excluding hydrogens is 222 g/mol. The molecule has 1 heterocycles. The average molecular weight is 235 g/mol. The van der Waals surface area contributed by atoms with Crippen molar-refractivity contribution in [2.24, 2.45) is 5.73 Å². The normalized spacial score (nSPS) is 11.9. The first kappa shape index (κ1) is 12.5. The zero-order valence-corrected chi connectivity index (χ0v) is 10.3. The summed E-state index contributed by atoms with van der Waals surface area (Å²) in [7, 11) is 0. The molecule has 0 aliphatic heterocycles. The van der Waals surface area contributed by atoms with Crippen LogP contribution in [0.4, 0.5) is 0 Å². The van der Waals surface area contributed by atoms with Crippen molar-refractivity contribution in [1.82, 2.24) is 4.98 Å². The van der Waals surface area contributed by atoms with Gasteiger partial charge in [0.05, 0.1) is 10.8 Å². The first-order valence-corrected chi connectivity index (χ1v) is 5.68. The lowest BCUT2D eigenvalue weighted by atomic mass is 10.1. The van der Waals surface area contributed by atoms with Gasteiger partial charge in [0.1, 0.15) is 11.1 Å². The molecule has 0 radical (unpaired) electrons. The quantitative estimate of drug-likeness (QED) is 0.806. The number of carbonyl (C=O) groups excluding carboxylic acids is 1. The van der Waals surface area contributed by atoms with Crippen LogP contribution in [-0.4, -0.2) is 16.1 Å². The molecule has 16 heavy (non-hydrogen) atoms. The van der Waals surface area contributed by atoms with Crippen LogP contribution in [0, 0.1) is 25.2 Å². The smallest absolute Gasteiger partial charge is 0.230 e. The molecule has 0 aromatic carbocycles. The number of thioether (sulfide) groups is 1. The van der Waals surface area contributed by atoms with E-state index in [9.17, 15) is 4.79 Å². The summed E-state index contributed by atoms with van der Waals surface area (Å²) in [6, 6.07) is 3.94. The Morgan fingerprint density at radius 2 is 2.25 bits per heavy atom. The van der Waals surface area contributed by atoms with E-state index in [0.29, 0.717) is 10.6 Å². The van der Waals surface area contributed by atoms with Crippen LogP contribution < -0.4 is 5.73 Å². The Kier molecular flexibility index (Phi) is 3.91. The van der Waals surface area contributed by atoms with E-state index in [1.54, 1.807) is 6.92 Å². The summed E-state index contributed by atoms with van der Waals surface area (Å²) in [5.74, 6) is -0.408. The molecule has 0 spiro atoms. The lowest BCUT2D eigenvalue weighted by Gasteiger charge is -2.10. The second-order valence-corrected chi connectivity index (χ2v) is 4.86. The zero-order valence-electron chi connectivity index (χ0n) is 9.44. The SMILES string of the molecule is Cc1cc(C)c(C#N)c(S[C@H](C)C(N)=O)n1. The van der Waals surface area contributed by atoms with Crippen LogP contribution in [0.3, 0.4) is 0 Å². The molecule has 0 bridgehead atoms. The molecule has 0 unspecified atom stereocenters. The predicted octanol–water partition coefficient (Wildman–Crippen LogP) is 1.54. The van der Waals surface area contributed by atoms with Crippen molar-refractivity contribution in [3.05, 3.63) is 22.9 Å². The standard InChI is InChI=1S/C11H13N3OS/c1-6-4-7(2)14-11(9(6)5-12)16-8(3)10(13)15/h4,8H,1-3H3,(H2,13,15)/t8-/m1/s1. The minimum absolute atomic E-state index is 0.388. The molecule has 84 valence electrons. The Labute approximate surface area is 98.9 Å². The second-order valence-electron chi connectivity index (χ2n) is 3.53. The summed E-state index contributed by atoms with van der Waals surface area (Å²) >= 11 is 1.22. The summed E-state index contributed by atoms with van der Waals surface area (Å²) in [6.45, 7) is 5.41. The monoisotopic (exact) mass is 235 g/mol. The van der Waals surface area contributed by atoms with Gasteiger partial charge in [0, 0.05) is 5.69 Å². The van der Waals surface area contributed by atoms with Gasteiger partial charge < -0.3 is 5.73 Å². The Morgan fingerprint density at radius 1 is 1.62 bits per heavy atom. The maximum atomic E-state index is 11.0. The molecule has 0 aliphatic carbocycles. The molecule has 0 saturated carbocycles. The average Bonchev–Trinajstić information content (AvgIpc) is 2.16. The fraction of sp³-hybridized carbons (Fsp3) is 0.364. The molecule has 1 atom stereocenters. The number of nitriles is 1. The maximum Gasteiger partial charge on any atom is 0.230 e. The molecule has 1 amide bonds. The lowest BCUT2D eigenvalue weighted by Crippen LogP contribution is -2.22. The number of nitrogens with two attached hydrogens (primary N) is 1. The third kappa shape index (κ3) is 2.74. The molecule has 5 heteroatoms. The number of primary amides is 1. The van der Waals surface area contributed by atoms with E-state index < -0.39 is 5.91 Å². The van der Waals surface area contributed by atoms with Crippen LogP contribution in [0.1, 0.15) is 23.7 Å². The topological polar surface area (TPSA) is 79.8 Å². The van der Waals surface area contributed by atoms with Gasteiger partial charge >= 0.3 is 0 Å². The van der Waals surface area contributed by atoms with E-state index in [0.717, 1.165) is 11.3 Å². The second kappa shape index (κ2) is 4.99. The number of carbonyl (C=O) groups is 1. The molecule has 2 N–H and O–H groups in total. The van der Waals surface area contributed by atoms with Crippen LogP contribution in [0.2, 0.25) is 0 Å². The van der Waals surface area contributed by atoms with Crippen molar-refractivity contribution >= 4 is 17.7 Å². The summed E-state index contributed by atoms with van der Waals surface area (Å²) in [5, 5.41) is 9.21. The fourth-order valence-corrected chi connectivity index (χ4v) is 2.22. The van der Waals surface area contributed by atoms with Crippen LogP contribution in [0.25, 0.3) is 0 Å². The van der Waals surface area contributed by atoms with Crippen molar-refractivity contribution < 1.29 is 4.79 Å². The third-order valence-corrected chi connectivity index (χ3v) is 3.22. The first-order valence-electron chi connectivity index (χ1n) is 4.80. The highest BCUT2D eigenvalue weighted by molar-refractivity contribution is 8.00. The maximum absolute atomic E-state index is 11.0. The van der Waals surface area contributed by atoms with Crippen LogP contribution >= 0.6 is 11.8 Å². The highest BCUT2D eigenvalue weighted by Crippen LogP contribution is 2.26. The van der Waals surface area contributed by atoms with Gasteiger partial charge in [0.15, 0.2) is 0 Å². The molecule has 0 fully saturated rings. The van der Waals surface area contributed by atoms with Crippen molar-refractivity contribution in [3.8, 4) is 6.07 Å². The molecular formula is C11H13N3OS. The van der Waals surface area contributed by atoms with Gasteiger partial charge in [-0.2, -0.15) is 5.26 Å². The van der Waals surface area contributed by atoms with E-state index in [1.807, 2.05) is 19.9 Å². The largest absolute Gasteiger partial charge is 0.369 e. The number of nitrogens with zero attached hydrogens (tertiary/aromatic N) is 2. The van der Waals surface area contributed by atoms with Gasteiger partial charge in [-0.3, -0.25) is 4.79 Å². The molecule has 4 nitrogen and oxygen atoms in total. The third-order valence-electron chi connectivity index (χ3n) is 2.11. The highest BCUT2D eigenvalue weighted by Gasteiger charge is 2.16. The van der Waals surface area contributed by atoms with Gasteiger partial charge in [-0.15, -0.1) is 0 Å². The summed E-state index contributed by atoms with van der Waals surface area (Å²) < 4.78 is 0. The number of hydrogen-bond donors (Lipinski definition) is 1. The minimum atomic E-state index is -0.408. The predicted molar refractivity (Wildman–Crippen MR) is 62.9 cm³/mol. The Balaban J connectivity index is 3.13. The van der Waals surface area contributed by atoms with E-state index in [1.165, 1.54) is 11.8 Å². The molecule has 1 aromatic rings. The van der Waals surface area contributed by atoms with Crippen LogP contribution in [-0.2, 0) is 4.79 Å². The Bertz CT molecular complexity index is 465. The Morgan fingerprint density at radius 3 is 2.75 bits per heavy atom. The fourth-order valence-electron chi connectivity index (χ4n) is 1.25. The van der Waals surface area contributed by atoms with Crippen molar-refractivity contribution in [2.45, 2.75) is 31.0 Å². The van der Waals surface area contributed by atoms with Gasteiger partial charge in [0.25, 0.3) is 0 Å². The molecule has 0 saturated heterocycles. The van der Waals surface area contributed by atoms with E-state index in [-0.39, 0.29) is 5.25 Å². The zero-order chi connectivity index (χ0) is 12.3. The van der Waals surface area contributed by atoms with Crippen LogP contribution in [0.5, 0.6) is 0 Å². The molecule has 1 aromatic heterocycles. The summed E-state index contributed by atoms with van der Waals surface area (Å²) in [5.41, 5.74) is 7.40. The number of hydrogen-bond acceptors (Lipinski definition) is 4. The minimum Gasteiger partial charge on any atom is -0.369 e. The molecule has 0 aliphatic rings. The number of aryl methyl sites for hydroxylation is 2. The van der Waals surface area contributed by atoms with Gasteiger partial charge in [-0.05, 0) is 32.4 Å². The van der Waals surface area contributed by atoms with Crippen LogP contribution in [0.15, 0.2) is 11.1 Å². The highest BCUT2D eigenvalue weighted by atomic mass is 32.2. The number of aromatic nitrogens is 1. The Hall–Kier alpha value is -1.54. The number of rotatable bonds is 3. The first-order chi connectivity index (χ1) is 7.45.